The van der Waals surface area contributed by atoms with Crippen LogP contribution in [-0.2, 0) is 0 Å². The highest BCUT2D eigenvalue weighted by molar-refractivity contribution is 6.00. The molecule has 8 N–H and O–H groups in total. The van der Waals surface area contributed by atoms with Crippen LogP contribution >= 0.6 is 0 Å². The number of benzene rings is 2. The molecule has 4 saturated carbocycles. The predicted molar refractivity (Wildman–Crippen MR) is 256 cm³/mol. The number of nitrogens with two attached hydrogens (primary N) is 1. The Morgan fingerprint density at radius 2 is 0.955 bits per heavy atom. The second kappa shape index (κ2) is 19.8. The van der Waals surface area contributed by atoms with Crippen LogP contribution in [0.5, 0.6) is 23.0 Å². The fourth-order valence-corrected chi connectivity index (χ4v) is 13.2. The molecule has 0 aliphatic heterocycles. The number of nitrogens with one attached hydrogen (secondary N) is 1. The molecular weight excluding hydrogens is 849 g/mol. The lowest BCUT2D eigenvalue weighted by atomic mass is 9.45. The summed E-state index contributed by atoms with van der Waals surface area (Å²) in [5, 5.41) is 51.2. The normalized spacial score (nSPS) is 30.3. The van der Waals surface area contributed by atoms with E-state index in [9.17, 15) is 39.6 Å². The SMILES string of the molecule is C[C@@H]1[C@H](N)C[C@H]2C(C)(C)CCC[C@]2(C)[C@H]1C(=O)c1cc(O)cc(O)c1.C[C@@H]1[C@H](NC(=O)c2ccncc2)C[C@H]2C(C)(C)CCC[C@]2(C)[C@H]1C(=O)c1cc(O)cc(O)c1.O=C(O)c1ccncc1. The number of hydrogen-bond donors (Lipinski definition) is 7. The molecule has 4 fully saturated rings. The molecular formula is C54H70N4O9. The summed E-state index contributed by atoms with van der Waals surface area (Å²) in [6.45, 7) is 17.8. The summed E-state index contributed by atoms with van der Waals surface area (Å²) >= 11 is 0. The first-order chi connectivity index (χ1) is 31.4. The van der Waals surface area contributed by atoms with E-state index in [1.54, 1.807) is 24.5 Å². The van der Waals surface area contributed by atoms with Crippen molar-refractivity contribution in [3.05, 3.63) is 108 Å². The molecule has 1 amide bonds. The van der Waals surface area contributed by atoms with Crippen molar-refractivity contribution in [1.29, 1.82) is 0 Å². The van der Waals surface area contributed by atoms with E-state index in [2.05, 4.69) is 63.8 Å². The van der Waals surface area contributed by atoms with Crippen molar-refractivity contribution in [2.75, 3.05) is 0 Å². The Morgan fingerprint density at radius 1 is 0.567 bits per heavy atom. The minimum Gasteiger partial charge on any atom is -0.508 e. The molecule has 8 rings (SSSR count). The third-order valence-corrected chi connectivity index (χ3v) is 16.5. The Kier molecular flexibility index (Phi) is 14.9. The number of carbonyl (C=O) groups excluding carboxylic acids is 3. The number of aromatic nitrogens is 2. The van der Waals surface area contributed by atoms with Gasteiger partial charge in [0.05, 0.1) is 5.56 Å². The lowest BCUT2D eigenvalue weighted by Gasteiger charge is -2.60. The third kappa shape index (κ3) is 10.7. The maximum Gasteiger partial charge on any atom is 0.335 e. The molecule has 13 nitrogen and oxygen atoms in total. The predicted octanol–water partition coefficient (Wildman–Crippen LogP) is 9.84. The van der Waals surface area contributed by atoms with Gasteiger partial charge in [-0.15, -0.1) is 0 Å². The number of amides is 1. The molecule has 2 heterocycles. The third-order valence-electron chi connectivity index (χ3n) is 16.5. The van der Waals surface area contributed by atoms with Gasteiger partial charge < -0.3 is 36.6 Å². The zero-order chi connectivity index (χ0) is 49.2. The van der Waals surface area contributed by atoms with Crippen molar-refractivity contribution in [3.63, 3.8) is 0 Å². The van der Waals surface area contributed by atoms with Crippen LogP contribution in [0.15, 0.2) is 85.5 Å². The first-order valence-corrected chi connectivity index (χ1v) is 23.6. The summed E-state index contributed by atoms with van der Waals surface area (Å²) < 4.78 is 0. The number of carboxylic acids is 1. The molecule has 0 saturated heterocycles. The Bertz CT molecular complexity index is 2390. The van der Waals surface area contributed by atoms with E-state index in [1.807, 2.05) is 6.92 Å². The number of nitrogens with zero attached hydrogens (tertiary/aromatic N) is 2. The smallest absolute Gasteiger partial charge is 0.335 e. The highest BCUT2D eigenvalue weighted by atomic mass is 16.4. The number of aromatic hydroxyl groups is 4. The molecule has 2 aromatic carbocycles. The summed E-state index contributed by atoms with van der Waals surface area (Å²) in [4.78, 5) is 58.2. The summed E-state index contributed by atoms with van der Waals surface area (Å²) in [6.07, 6.45) is 14.3. The molecule has 0 radical (unpaired) electrons. The van der Waals surface area contributed by atoms with Crippen LogP contribution in [-0.4, -0.2) is 71.0 Å². The fraction of sp³-hybridized carbons (Fsp3) is 0.519. The van der Waals surface area contributed by atoms with E-state index in [-0.39, 0.29) is 109 Å². The number of fused-ring (bicyclic) bond motifs is 2. The van der Waals surface area contributed by atoms with Crippen molar-refractivity contribution in [2.24, 2.45) is 62.9 Å². The van der Waals surface area contributed by atoms with Gasteiger partial charge in [0.15, 0.2) is 11.6 Å². The van der Waals surface area contributed by atoms with Gasteiger partial charge in [-0.25, -0.2) is 4.79 Å². The van der Waals surface area contributed by atoms with E-state index in [0.717, 1.165) is 44.9 Å². The van der Waals surface area contributed by atoms with Gasteiger partial charge in [-0.2, -0.15) is 0 Å². The van der Waals surface area contributed by atoms with Crippen LogP contribution < -0.4 is 11.1 Å². The number of hydrogen-bond acceptors (Lipinski definition) is 11. The Labute approximate surface area is 394 Å². The summed E-state index contributed by atoms with van der Waals surface area (Å²) in [7, 11) is 0. The van der Waals surface area contributed by atoms with Gasteiger partial charge in [-0.1, -0.05) is 68.2 Å². The minimum absolute atomic E-state index is 0.000880. The molecule has 0 unspecified atom stereocenters. The lowest BCUT2D eigenvalue weighted by molar-refractivity contribution is -0.0902. The van der Waals surface area contributed by atoms with Crippen molar-refractivity contribution in [1.82, 2.24) is 15.3 Å². The minimum atomic E-state index is -0.919. The number of ketones is 2. The average molecular weight is 919 g/mol. The number of pyridine rings is 2. The molecule has 4 aliphatic carbocycles. The lowest BCUT2D eigenvalue weighted by Crippen LogP contribution is -2.60. The van der Waals surface area contributed by atoms with Crippen molar-refractivity contribution in [3.8, 4) is 23.0 Å². The molecule has 10 atom stereocenters. The van der Waals surface area contributed by atoms with Gasteiger partial charge in [0.1, 0.15) is 23.0 Å². The second-order valence-electron chi connectivity index (χ2n) is 21.7. The molecule has 4 aromatic rings. The molecule has 0 bridgehead atoms. The van der Waals surface area contributed by atoms with Gasteiger partial charge in [-0.3, -0.25) is 24.4 Å². The Balaban J connectivity index is 0.000000191. The summed E-state index contributed by atoms with van der Waals surface area (Å²) in [6, 6.07) is 14.4. The van der Waals surface area contributed by atoms with Crippen LogP contribution in [0.25, 0.3) is 0 Å². The van der Waals surface area contributed by atoms with E-state index in [0.29, 0.717) is 22.6 Å². The Morgan fingerprint density at radius 3 is 1.36 bits per heavy atom. The fourth-order valence-electron chi connectivity index (χ4n) is 13.2. The van der Waals surface area contributed by atoms with Crippen molar-refractivity contribution in [2.45, 2.75) is 119 Å². The Hall–Kier alpha value is -5.82. The average Bonchev–Trinajstić information content (AvgIpc) is 3.25. The highest BCUT2D eigenvalue weighted by Crippen LogP contribution is 2.63. The molecule has 360 valence electrons. The van der Waals surface area contributed by atoms with E-state index < -0.39 is 5.97 Å². The number of aromatic carboxylic acids is 1. The van der Waals surface area contributed by atoms with Crippen molar-refractivity contribution >= 4 is 23.4 Å². The molecule has 0 spiro atoms. The van der Waals surface area contributed by atoms with Gasteiger partial charge in [0.2, 0.25) is 0 Å². The highest BCUT2D eigenvalue weighted by Gasteiger charge is 2.60. The van der Waals surface area contributed by atoms with Crippen LogP contribution in [0.3, 0.4) is 0 Å². The molecule has 13 heteroatoms. The zero-order valence-corrected chi connectivity index (χ0v) is 40.2. The van der Waals surface area contributed by atoms with Gasteiger partial charge in [-0.05, 0) is 132 Å². The second-order valence-corrected chi connectivity index (χ2v) is 21.7. The van der Waals surface area contributed by atoms with Gasteiger partial charge >= 0.3 is 5.97 Å². The number of Topliss-reactive ketones (excluding diaryl/α,β-unsaturated/α-hetero) is 2. The molecule has 67 heavy (non-hydrogen) atoms. The van der Waals surface area contributed by atoms with Crippen molar-refractivity contribution < 1.29 is 44.7 Å². The van der Waals surface area contributed by atoms with Crippen LogP contribution in [0.4, 0.5) is 0 Å². The molecule has 2 aromatic heterocycles. The number of phenols is 4. The first-order valence-electron chi connectivity index (χ1n) is 23.6. The van der Waals surface area contributed by atoms with E-state index in [4.69, 9.17) is 10.8 Å². The topological polar surface area (TPSA) is 233 Å². The summed E-state index contributed by atoms with van der Waals surface area (Å²) in [5.74, 6) is -1.51. The van der Waals surface area contributed by atoms with Gasteiger partial charge in [0, 0.05) is 77.5 Å². The van der Waals surface area contributed by atoms with E-state index >= 15 is 0 Å². The van der Waals surface area contributed by atoms with Crippen LogP contribution in [0.1, 0.15) is 148 Å². The molecule has 4 aliphatic rings. The maximum absolute atomic E-state index is 13.9. The number of carboxylic acid groups (broad SMARTS) is 1. The van der Waals surface area contributed by atoms with Gasteiger partial charge in [0.25, 0.3) is 5.91 Å². The quantitative estimate of drug-likeness (QED) is 0.0859. The summed E-state index contributed by atoms with van der Waals surface area (Å²) in [5.41, 5.74) is 7.86. The number of carbonyl (C=O) groups is 4. The standard InChI is InChI=1S/C27H34N2O4.C21H31NO3.C6H5NO2/c1-16-21(29-25(33)17-6-10-28-11-7-17)15-22-26(2,3)8-5-9-27(22,4)23(16)24(32)18-12-19(30)14-20(31)13-18;1-12-16(22)11-17-20(2,3)6-5-7-21(17,4)18(12)19(25)13-8-14(23)10-15(24)9-13;8-6(9)5-1-3-7-4-2-5/h6-7,10-14,16,21-23,30-31H,5,8-9,15H2,1-4H3,(H,29,33);8-10,12,16-18,23-24H,5-7,11,22H2,1-4H3;1-4H,(H,8,9)/t16-,21-,22+,23-,27+;12-,16-,17+,18-,21+;/m11./s1. The number of rotatable bonds is 7. The monoisotopic (exact) mass is 919 g/mol. The largest absolute Gasteiger partial charge is 0.508 e. The van der Waals surface area contributed by atoms with Crippen LogP contribution in [0, 0.1) is 57.2 Å². The number of phenolic OH excluding ortho intramolecular Hbond substituents is 4. The van der Waals surface area contributed by atoms with E-state index in [1.165, 1.54) is 67.3 Å². The maximum atomic E-state index is 13.9. The van der Waals surface area contributed by atoms with Crippen LogP contribution in [0.2, 0.25) is 0 Å². The first kappa shape index (κ1) is 50.6. The zero-order valence-electron chi connectivity index (χ0n) is 40.2.